The summed E-state index contributed by atoms with van der Waals surface area (Å²) in [6.07, 6.45) is 1.10. The molecule has 0 amide bonds. The summed E-state index contributed by atoms with van der Waals surface area (Å²) in [7, 11) is -0.916. The zero-order valence-electron chi connectivity index (χ0n) is 8.83. The van der Waals surface area contributed by atoms with Gasteiger partial charge in [0.15, 0.2) is 0 Å². The van der Waals surface area contributed by atoms with Crippen LogP contribution in [0, 0.1) is 0 Å². The van der Waals surface area contributed by atoms with Crippen LogP contribution in [0.4, 0.5) is 0 Å². The van der Waals surface area contributed by atoms with E-state index in [1.165, 1.54) is 0 Å². The average molecular weight is 246 g/mol. The molecule has 15 heavy (non-hydrogen) atoms. The lowest BCUT2D eigenvalue weighted by Gasteiger charge is -2.03. The maximum atomic E-state index is 11.7. The Bertz CT molecular complexity index is 313. The summed E-state index contributed by atoms with van der Waals surface area (Å²) < 4.78 is 11.7. The summed E-state index contributed by atoms with van der Waals surface area (Å²) in [6.45, 7) is 3.89. The molecule has 0 aliphatic heterocycles. The van der Waals surface area contributed by atoms with Gasteiger partial charge in [-0.05, 0) is 37.2 Å². The fourth-order valence-electron chi connectivity index (χ4n) is 1.17. The number of halogens is 1. The smallest absolute Gasteiger partial charge is 0.0542 e. The highest BCUT2D eigenvalue weighted by Crippen LogP contribution is 2.12. The first-order valence-electron chi connectivity index (χ1n) is 5.08. The second-order valence-corrected chi connectivity index (χ2v) is 5.26. The summed E-state index contributed by atoms with van der Waals surface area (Å²) in [4.78, 5) is 0.845. The molecule has 1 N–H and O–H groups in total. The molecular weight excluding hydrogens is 230 g/mol. The number of nitrogens with one attached hydrogen (secondary N) is 1. The molecule has 2 nitrogen and oxygen atoms in total. The molecule has 0 spiro atoms. The molecule has 0 radical (unpaired) electrons. The molecule has 1 rings (SSSR count). The Balaban J connectivity index is 2.37. The Kier molecular flexibility index (Phi) is 5.91. The zero-order valence-corrected chi connectivity index (χ0v) is 10.4. The summed E-state index contributed by atoms with van der Waals surface area (Å²) >= 11 is 5.75. The predicted molar refractivity (Wildman–Crippen MR) is 65.9 cm³/mol. The van der Waals surface area contributed by atoms with E-state index in [4.69, 9.17) is 11.6 Å². The molecule has 1 atom stereocenters. The van der Waals surface area contributed by atoms with E-state index in [1.807, 2.05) is 12.1 Å². The molecule has 1 aromatic rings. The maximum Gasteiger partial charge on any atom is 0.0542 e. The van der Waals surface area contributed by atoms with Crippen molar-refractivity contribution in [1.82, 2.24) is 5.32 Å². The fourth-order valence-corrected chi connectivity index (χ4v) is 2.30. The first-order chi connectivity index (χ1) is 7.24. The summed E-state index contributed by atoms with van der Waals surface area (Å²) in [5.41, 5.74) is 0. The van der Waals surface area contributed by atoms with Crippen LogP contribution in [0.15, 0.2) is 29.2 Å². The van der Waals surface area contributed by atoms with E-state index in [2.05, 4.69) is 12.2 Å². The van der Waals surface area contributed by atoms with Crippen LogP contribution in [0.3, 0.4) is 0 Å². The van der Waals surface area contributed by atoms with Crippen molar-refractivity contribution in [3.63, 3.8) is 0 Å². The minimum atomic E-state index is -0.916. The molecule has 0 aliphatic carbocycles. The van der Waals surface area contributed by atoms with Crippen LogP contribution >= 0.6 is 11.6 Å². The number of benzene rings is 1. The fraction of sp³-hybridized carbons (Fsp3) is 0.455. The van der Waals surface area contributed by atoms with Crippen LogP contribution in [0.2, 0.25) is 5.02 Å². The van der Waals surface area contributed by atoms with Crippen molar-refractivity contribution in [3.05, 3.63) is 29.3 Å². The third kappa shape index (κ3) is 4.78. The molecule has 0 bridgehead atoms. The van der Waals surface area contributed by atoms with Gasteiger partial charge in [0, 0.05) is 22.2 Å². The van der Waals surface area contributed by atoms with Crippen molar-refractivity contribution in [2.24, 2.45) is 0 Å². The monoisotopic (exact) mass is 245 g/mol. The summed E-state index contributed by atoms with van der Waals surface area (Å²) in [6, 6.07) is 7.18. The Morgan fingerprint density at radius 2 is 1.93 bits per heavy atom. The van der Waals surface area contributed by atoms with Gasteiger partial charge in [-0.3, -0.25) is 4.21 Å². The zero-order chi connectivity index (χ0) is 11.1. The lowest BCUT2D eigenvalue weighted by Crippen LogP contribution is -2.21. The van der Waals surface area contributed by atoms with Crippen molar-refractivity contribution in [1.29, 1.82) is 0 Å². The van der Waals surface area contributed by atoms with Crippen LogP contribution in [-0.2, 0) is 10.8 Å². The highest BCUT2D eigenvalue weighted by atomic mass is 35.5. The normalized spacial score (nSPS) is 12.7. The lowest BCUT2D eigenvalue weighted by molar-refractivity contribution is 0.669. The van der Waals surface area contributed by atoms with Gasteiger partial charge in [0.1, 0.15) is 0 Å². The first-order valence-corrected chi connectivity index (χ1v) is 6.78. The van der Waals surface area contributed by atoms with E-state index < -0.39 is 10.8 Å². The first kappa shape index (κ1) is 12.7. The van der Waals surface area contributed by atoms with Gasteiger partial charge in [-0.1, -0.05) is 18.5 Å². The van der Waals surface area contributed by atoms with Crippen molar-refractivity contribution < 1.29 is 4.21 Å². The molecule has 84 valence electrons. The van der Waals surface area contributed by atoms with Gasteiger partial charge in [-0.2, -0.15) is 0 Å². The molecule has 4 heteroatoms. The minimum absolute atomic E-state index is 0.654. The highest BCUT2D eigenvalue weighted by Gasteiger charge is 2.02. The molecule has 0 aromatic heterocycles. The third-order valence-electron chi connectivity index (χ3n) is 1.97. The van der Waals surface area contributed by atoms with Crippen molar-refractivity contribution in [2.75, 3.05) is 18.8 Å². The molecule has 0 heterocycles. The van der Waals surface area contributed by atoms with Crippen LogP contribution in [0.5, 0.6) is 0 Å². The second-order valence-electron chi connectivity index (χ2n) is 3.25. The van der Waals surface area contributed by atoms with Gasteiger partial charge in [0.25, 0.3) is 0 Å². The largest absolute Gasteiger partial charge is 0.316 e. The van der Waals surface area contributed by atoms with Gasteiger partial charge < -0.3 is 5.32 Å². The van der Waals surface area contributed by atoms with Crippen LogP contribution in [-0.4, -0.2) is 23.1 Å². The highest BCUT2D eigenvalue weighted by molar-refractivity contribution is 7.85. The molecular formula is C11H16ClNOS. The molecule has 1 unspecified atom stereocenters. The maximum absolute atomic E-state index is 11.7. The lowest BCUT2D eigenvalue weighted by atomic mass is 10.4. The van der Waals surface area contributed by atoms with Crippen molar-refractivity contribution in [3.8, 4) is 0 Å². The number of rotatable bonds is 6. The Morgan fingerprint density at radius 1 is 1.27 bits per heavy atom. The summed E-state index contributed by atoms with van der Waals surface area (Å²) in [5, 5.41) is 3.91. The van der Waals surface area contributed by atoms with Gasteiger partial charge in [0.2, 0.25) is 0 Å². The molecule has 0 saturated heterocycles. The Morgan fingerprint density at radius 3 is 2.53 bits per heavy atom. The topological polar surface area (TPSA) is 29.1 Å². The van der Waals surface area contributed by atoms with Gasteiger partial charge >= 0.3 is 0 Å². The number of hydrogen-bond donors (Lipinski definition) is 1. The van der Waals surface area contributed by atoms with E-state index in [0.29, 0.717) is 10.8 Å². The molecule has 1 aromatic carbocycles. The molecule has 0 fully saturated rings. The van der Waals surface area contributed by atoms with E-state index >= 15 is 0 Å². The second kappa shape index (κ2) is 6.99. The predicted octanol–water partition coefficient (Wildman–Crippen LogP) is 2.45. The van der Waals surface area contributed by atoms with Crippen LogP contribution in [0.25, 0.3) is 0 Å². The summed E-state index contributed by atoms with van der Waals surface area (Å²) in [5.74, 6) is 0.654. The average Bonchev–Trinajstić information content (AvgIpc) is 2.25. The van der Waals surface area contributed by atoms with Crippen molar-refractivity contribution in [2.45, 2.75) is 18.2 Å². The van der Waals surface area contributed by atoms with Crippen molar-refractivity contribution >= 4 is 22.4 Å². The van der Waals surface area contributed by atoms with Gasteiger partial charge in [-0.15, -0.1) is 0 Å². The quantitative estimate of drug-likeness (QED) is 0.780. The third-order valence-corrected chi connectivity index (χ3v) is 3.59. The van der Waals surface area contributed by atoms with Crippen LogP contribution in [0.1, 0.15) is 13.3 Å². The van der Waals surface area contributed by atoms with E-state index in [-0.39, 0.29) is 0 Å². The van der Waals surface area contributed by atoms with E-state index in [9.17, 15) is 4.21 Å². The van der Waals surface area contributed by atoms with Crippen LogP contribution < -0.4 is 5.32 Å². The Labute approximate surface area is 98.5 Å². The Hall–Kier alpha value is -0.380. The minimum Gasteiger partial charge on any atom is -0.316 e. The van der Waals surface area contributed by atoms with Gasteiger partial charge in [0.05, 0.1) is 10.8 Å². The van der Waals surface area contributed by atoms with Gasteiger partial charge in [-0.25, -0.2) is 0 Å². The van der Waals surface area contributed by atoms with E-state index in [0.717, 1.165) is 24.4 Å². The molecule has 0 aliphatic rings. The number of hydrogen-bond acceptors (Lipinski definition) is 2. The molecule has 0 saturated carbocycles. The standard InChI is InChI=1S/C11H16ClNOS/c1-2-7-13-8-9-15(14)11-5-3-10(12)4-6-11/h3-6,13H,2,7-9H2,1H3. The SMILES string of the molecule is CCCNCCS(=O)c1ccc(Cl)cc1. The van der Waals surface area contributed by atoms with E-state index in [1.54, 1.807) is 12.1 Å².